The Bertz CT molecular complexity index is 721. The van der Waals surface area contributed by atoms with Gasteiger partial charge in [-0.05, 0) is 24.3 Å². The van der Waals surface area contributed by atoms with Crippen LogP contribution in [0.15, 0.2) is 42.9 Å². The summed E-state index contributed by atoms with van der Waals surface area (Å²) in [7, 11) is 0. The van der Waals surface area contributed by atoms with Gasteiger partial charge >= 0.3 is 5.97 Å². The third-order valence-corrected chi connectivity index (χ3v) is 2.56. The van der Waals surface area contributed by atoms with E-state index in [1.165, 1.54) is 6.07 Å². The summed E-state index contributed by atoms with van der Waals surface area (Å²) in [6.07, 6.45) is 4.85. The maximum absolute atomic E-state index is 10.9. The molecule has 3 rings (SSSR count). The van der Waals surface area contributed by atoms with Crippen molar-refractivity contribution < 1.29 is 9.90 Å². The van der Waals surface area contributed by atoms with E-state index in [1.54, 1.807) is 41.5 Å². The minimum Gasteiger partial charge on any atom is -0.478 e. The Morgan fingerprint density at radius 3 is 2.72 bits per heavy atom. The van der Waals surface area contributed by atoms with Crippen molar-refractivity contribution in [3.63, 3.8) is 0 Å². The zero-order valence-electron chi connectivity index (χ0n) is 9.19. The minimum atomic E-state index is -0.958. The van der Waals surface area contributed by atoms with Crippen LogP contribution in [-0.4, -0.2) is 30.8 Å². The van der Waals surface area contributed by atoms with Crippen LogP contribution >= 0.6 is 0 Å². The fraction of sp³-hybridized carbons (Fsp3) is 0. The molecular weight excluding hydrogens is 232 g/mol. The first kappa shape index (κ1) is 10.4. The molecule has 0 bridgehead atoms. The van der Waals surface area contributed by atoms with Gasteiger partial charge in [-0.1, -0.05) is 0 Å². The molecule has 1 N–H and O–H groups in total. The van der Waals surface area contributed by atoms with Gasteiger partial charge in [-0.3, -0.25) is 0 Å². The number of benzene rings is 1. The zero-order chi connectivity index (χ0) is 12.5. The molecule has 0 saturated carbocycles. The second kappa shape index (κ2) is 3.92. The van der Waals surface area contributed by atoms with E-state index in [0.717, 1.165) is 10.9 Å². The number of carbonyl (C=O) groups is 1. The Kier molecular flexibility index (Phi) is 2.26. The van der Waals surface area contributed by atoms with Crippen molar-refractivity contribution in [3.8, 4) is 5.95 Å². The minimum absolute atomic E-state index is 0.232. The molecule has 6 nitrogen and oxygen atoms in total. The summed E-state index contributed by atoms with van der Waals surface area (Å²) in [5.41, 5.74) is 1.00. The van der Waals surface area contributed by atoms with Crippen LogP contribution in [0.2, 0.25) is 0 Å². The van der Waals surface area contributed by atoms with Crippen molar-refractivity contribution in [2.45, 2.75) is 0 Å². The monoisotopic (exact) mass is 240 g/mol. The molecular formula is C12H8N4O2. The first-order valence-corrected chi connectivity index (χ1v) is 5.24. The second-order valence-corrected chi connectivity index (χ2v) is 3.68. The molecule has 0 aliphatic carbocycles. The second-order valence-electron chi connectivity index (χ2n) is 3.68. The van der Waals surface area contributed by atoms with Gasteiger partial charge in [0.1, 0.15) is 0 Å². The Hall–Kier alpha value is -2.76. The van der Waals surface area contributed by atoms with E-state index in [2.05, 4.69) is 15.1 Å². The van der Waals surface area contributed by atoms with Gasteiger partial charge < -0.3 is 5.11 Å². The fourth-order valence-corrected chi connectivity index (χ4v) is 1.73. The molecule has 6 heteroatoms. The number of hydrogen-bond acceptors (Lipinski definition) is 4. The van der Waals surface area contributed by atoms with Crippen LogP contribution < -0.4 is 0 Å². The summed E-state index contributed by atoms with van der Waals surface area (Å²) < 4.78 is 1.57. The van der Waals surface area contributed by atoms with Crippen LogP contribution in [0.5, 0.6) is 0 Å². The van der Waals surface area contributed by atoms with E-state index < -0.39 is 5.97 Å². The average Bonchev–Trinajstić information content (AvgIpc) is 2.82. The quantitative estimate of drug-likeness (QED) is 0.734. The van der Waals surface area contributed by atoms with Gasteiger partial charge in [0.05, 0.1) is 17.3 Å². The van der Waals surface area contributed by atoms with E-state index >= 15 is 0 Å². The van der Waals surface area contributed by atoms with Crippen LogP contribution in [-0.2, 0) is 0 Å². The predicted molar refractivity (Wildman–Crippen MR) is 63.6 cm³/mol. The van der Waals surface area contributed by atoms with Crippen LogP contribution in [0.3, 0.4) is 0 Å². The molecule has 0 saturated heterocycles. The van der Waals surface area contributed by atoms with Crippen molar-refractivity contribution in [2.24, 2.45) is 0 Å². The van der Waals surface area contributed by atoms with Crippen molar-refractivity contribution >= 4 is 16.9 Å². The van der Waals surface area contributed by atoms with Gasteiger partial charge in [-0.25, -0.2) is 14.8 Å². The molecule has 1 aromatic carbocycles. The molecule has 2 heterocycles. The smallest absolute Gasteiger partial charge is 0.335 e. The largest absolute Gasteiger partial charge is 0.478 e. The fourth-order valence-electron chi connectivity index (χ4n) is 1.73. The summed E-state index contributed by atoms with van der Waals surface area (Å²) in [6.45, 7) is 0. The topological polar surface area (TPSA) is 80.9 Å². The van der Waals surface area contributed by atoms with Gasteiger partial charge in [-0.2, -0.15) is 9.78 Å². The number of carboxylic acid groups (broad SMARTS) is 1. The van der Waals surface area contributed by atoms with Crippen LogP contribution in [0.4, 0.5) is 0 Å². The van der Waals surface area contributed by atoms with Gasteiger partial charge in [-0.15, -0.1) is 0 Å². The summed E-state index contributed by atoms with van der Waals surface area (Å²) in [5, 5.41) is 13.8. The summed E-state index contributed by atoms with van der Waals surface area (Å²) in [4.78, 5) is 19.1. The molecule has 0 unspecified atom stereocenters. The third-order valence-electron chi connectivity index (χ3n) is 2.56. The number of hydrogen-bond donors (Lipinski definition) is 1. The lowest BCUT2D eigenvalue weighted by Gasteiger charge is -2.00. The molecule has 88 valence electrons. The number of carboxylic acids is 1. The van der Waals surface area contributed by atoms with E-state index in [-0.39, 0.29) is 5.56 Å². The predicted octanol–water partition coefficient (Wildman–Crippen LogP) is 1.51. The van der Waals surface area contributed by atoms with Crippen molar-refractivity contribution in [1.82, 2.24) is 19.7 Å². The maximum Gasteiger partial charge on any atom is 0.335 e. The molecule has 0 fully saturated rings. The van der Waals surface area contributed by atoms with E-state index in [9.17, 15) is 4.79 Å². The molecule has 0 amide bonds. The van der Waals surface area contributed by atoms with Gasteiger partial charge in [0.2, 0.25) is 0 Å². The zero-order valence-corrected chi connectivity index (χ0v) is 9.19. The van der Waals surface area contributed by atoms with Crippen LogP contribution in [0.25, 0.3) is 16.9 Å². The Morgan fingerprint density at radius 2 is 2.00 bits per heavy atom. The van der Waals surface area contributed by atoms with Crippen LogP contribution in [0.1, 0.15) is 10.4 Å². The molecule has 0 aliphatic rings. The Labute approximate surface area is 102 Å². The first-order valence-electron chi connectivity index (χ1n) is 5.24. The number of fused-ring (bicyclic) bond motifs is 1. The first-order chi connectivity index (χ1) is 8.75. The highest BCUT2D eigenvalue weighted by Gasteiger charge is 2.09. The summed E-state index contributed by atoms with van der Waals surface area (Å²) in [6, 6.07) is 6.52. The molecule has 0 spiro atoms. The van der Waals surface area contributed by atoms with Crippen molar-refractivity contribution in [1.29, 1.82) is 0 Å². The molecule has 2 aromatic heterocycles. The SMILES string of the molecule is O=C(O)c1ccc2c(cnn2-c2ncccn2)c1. The highest BCUT2D eigenvalue weighted by atomic mass is 16.4. The highest BCUT2D eigenvalue weighted by Crippen LogP contribution is 2.17. The van der Waals surface area contributed by atoms with E-state index in [0.29, 0.717) is 5.95 Å². The van der Waals surface area contributed by atoms with Gasteiger partial charge in [0, 0.05) is 17.8 Å². The average molecular weight is 240 g/mol. The van der Waals surface area contributed by atoms with Crippen LogP contribution in [0, 0.1) is 0 Å². The lowest BCUT2D eigenvalue weighted by molar-refractivity contribution is 0.0697. The molecule has 3 aromatic rings. The van der Waals surface area contributed by atoms with E-state index in [4.69, 9.17) is 5.11 Å². The highest BCUT2D eigenvalue weighted by molar-refractivity contribution is 5.93. The number of aromatic nitrogens is 4. The van der Waals surface area contributed by atoms with Crippen molar-refractivity contribution in [3.05, 3.63) is 48.4 Å². The Morgan fingerprint density at radius 1 is 1.22 bits per heavy atom. The maximum atomic E-state index is 10.9. The third kappa shape index (κ3) is 1.60. The van der Waals surface area contributed by atoms with E-state index in [1.807, 2.05) is 0 Å². The summed E-state index contributed by atoms with van der Waals surface area (Å²) >= 11 is 0. The number of nitrogens with zero attached hydrogens (tertiary/aromatic N) is 4. The van der Waals surface area contributed by atoms with Gasteiger partial charge in [0.15, 0.2) is 0 Å². The number of rotatable bonds is 2. The molecule has 0 atom stereocenters. The molecule has 0 radical (unpaired) electrons. The standard InChI is InChI=1S/C12H8N4O2/c17-11(18)8-2-3-10-9(6-8)7-15-16(10)12-13-4-1-5-14-12/h1-7H,(H,17,18). The normalized spacial score (nSPS) is 10.7. The molecule has 18 heavy (non-hydrogen) atoms. The summed E-state index contributed by atoms with van der Waals surface area (Å²) in [5.74, 6) is -0.504. The van der Waals surface area contributed by atoms with Crippen molar-refractivity contribution in [2.75, 3.05) is 0 Å². The number of aromatic carboxylic acids is 1. The Balaban J connectivity index is 2.19. The lowest BCUT2D eigenvalue weighted by atomic mass is 10.1. The van der Waals surface area contributed by atoms with Gasteiger partial charge in [0.25, 0.3) is 5.95 Å². The molecule has 0 aliphatic heterocycles. The lowest BCUT2D eigenvalue weighted by Crippen LogP contribution is -2.01.